The summed E-state index contributed by atoms with van der Waals surface area (Å²) in [6.45, 7) is 1.94. The molecule has 0 bridgehead atoms. The van der Waals surface area contributed by atoms with E-state index in [2.05, 4.69) is 11.1 Å². The van der Waals surface area contributed by atoms with Gasteiger partial charge < -0.3 is 4.98 Å². The number of halogens is 1. The van der Waals surface area contributed by atoms with Gasteiger partial charge in [0, 0.05) is 0 Å². The summed E-state index contributed by atoms with van der Waals surface area (Å²) in [7, 11) is 0. The average Bonchev–Trinajstić information content (AvgIpc) is 2.67. The van der Waals surface area contributed by atoms with E-state index in [0.717, 1.165) is 20.5 Å². The van der Waals surface area contributed by atoms with E-state index < -0.39 is 0 Å². The van der Waals surface area contributed by atoms with Gasteiger partial charge in [0.1, 0.15) is 10.7 Å². The van der Waals surface area contributed by atoms with Gasteiger partial charge in [-0.3, -0.25) is 0 Å². The SMILES string of the molecule is Cc1cc(C#N)c(=S)[nH]c1-c1ccc(Cl)s1. The lowest BCUT2D eigenvalue weighted by molar-refractivity contribution is 1.24. The number of H-pyrrole nitrogens is 1. The normalized spacial score (nSPS) is 10.1. The Labute approximate surface area is 107 Å². The molecule has 2 aromatic rings. The summed E-state index contributed by atoms with van der Waals surface area (Å²) in [5.74, 6) is 0. The predicted octanol–water partition coefficient (Wildman–Crippen LogP) is 4.31. The highest BCUT2D eigenvalue weighted by Crippen LogP contribution is 2.31. The van der Waals surface area contributed by atoms with Crippen LogP contribution in [0.4, 0.5) is 0 Å². The minimum atomic E-state index is 0.465. The van der Waals surface area contributed by atoms with Crippen LogP contribution in [-0.4, -0.2) is 4.98 Å². The van der Waals surface area contributed by atoms with Crippen LogP contribution in [-0.2, 0) is 0 Å². The van der Waals surface area contributed by atoms with Gasteiger partial charge in [0.05, 0.1) is 20.5 Å². The molecule has 2 heterocycles. The number of aromatic nitrogens is 1. The van der Waals surface area contributed by atoms with Gasteiger partial charge in [-0.05, 0) is 30.7 Å². The van der Waals surface area contributed by atoms with E-state index in [0.29, 0.717) is 10.2 Å². The zero-order valence-electron chi connectivity index (χ0n) is 8.37. The molecule has 0 atom stereocenters. The van der Waals surface area contributed by atoms with E-state index in [-0.39, 0.29) is 0 Å². The second-order valence-corrected chi connectivity index (χ2v) is 5.41. The largest absolute Gasteiger partial charge is 0.344 e. The first-order valence-electron chi connectivity index (χ1n) is 4.51. The Morgan fingerprint density at radius 3 is 2.81 bits per heavy atom. The molecule has 0 fully saturated rings. The summed E-state index contributed by atoms with van der Waals surface area (Å²) in [6, 6.07) is 7.64. The lowest BCUT2D eigenvalue weighted by atomic mass is 10.1. The van der Waals surface area contributed by atoms with E-state index in [4.69, 9.17) is 29.1 Å². The Bertz CT molecular complexity index is 634. The van der Waals surface area contributed by atoms with Crippen molar-refractivity contribution in [1.29, 1.82) is 5.26 Å². The fraction of sp³-hybridized carbons (Fsp3) is 0.0909. The summed E-state index contributed by atoms with van der Waals surface area (Å²) < 4.78 is 1.20. The summed E-state index contributed by atoms with van der Waals surface area (Å²) in [5, 5.41) is 8.85. The Kier molecular flexibility index (Phi) is 3.10. The molecule has 0 aromatic carbocycles. The highest BCUT2D eigenvalue weighted by molar-refractivity contribution is 7.71. The fourth-order valence-corrected chi connectivity index (χ4v) is 2.74. The molecule has 0 radical (unpaired) electrons. The molecule has 80 valence electrons. The Morgan fingerprint density at radius 2 is 2.25 bits per heavy atom. The van der Waals surface area contributed by atoms with Crippen LogP contribution in [0, 0.1) is 22.9 Å². The summed E-state index contributed by atoms with van der Waals surface area (Å²) in [4.78, 5) is 4.09. The van der Waals surface area contributed by atoms with Crippen molar-refractivity contribution < 1.29 is 0 Å². The highest BCUT2D eigenvalue weighted by atomic mass is 35.5. The maximum Gasteiger partial charge on any atom is 0.121 e. The van der Waals surface area contributed by atoms with Crippen molar-refractivity contribution in [3.63, 3.8) is 0 Å². The number of aryl methyl sites for hydroxylation is 1. The minimum Gasteiger partial charge on any atom is -0.344 e. The number of aromatic amines is 1. The maximum absolute atomic E-state index is 8.85. The second kappa shape index (κ2) is 4.38. The van der Waals surface area contributed by atoms with E-state index in [1.807, 2.05) is 19.1 Å². The van der Waals surface area contributed by atoms with Crippen molar-refractivity contribution in [2.24, 2.45) is 0 Å². The summed E-state index contributed by atoms with van der Waals surface area (Å²) >= 11 is 12.5. The molecule has 0 aliphatic carbocycles. The van der Waals surface area contributed by atoms with Gasteiger partial charge in [0.2, 0.25) is 0 Å². The molecule has 2 aromatic heterocycles. The van der Waals surface area contributed by atoms with Crippen molar-refractivity contribution >= 4 is 35.2 Å². The third-order valence-electron chi connectivity index (χ3n) is 2.18. The molecular formula is C11H7ClN2S2. The number of hydrogen-bond donors (Lipinski definition) is 1. The quantitative estimate of drug-likeness (QED) is 0.782. The highest BCUT2D eigenvalue weighted by Gasteiger charge is 2.07. The Hall–Kier alpha value is -1.15. The van der Waals surface area contributed by atoms with Crippen LogP contribution in [0.2, 0.25) is 4.34 Å². The summed E-state index contributed by atoms with van der Waals surface area (Å²) in [5.41, 5.74) is 2.42. The molecule has 2 rings (SSSR count). The molecule has 0 saturated carbocycles. The summed E-state index contributed by atoms with van der Waals surface area (Å²) in [6.07, 6.45) is 0. The molecule has 0 unspecified atom stereocenters. The van der Waals surface area contributed by atoms with Gasteiger partial charge in [-0.1, -0.05) is 23.8 Å². The molecule has 0 spiro atoms. The minimum absolute atomic E-state index is 0.465. The zero-order chi connectivity index (χ0) is 11.7. The predicted molar refractivity (Wildman–Crippen MR) is 69.4 cm³/mol. The smallest absolute Gasteiger partial charge is 0.121 e. The molecule has 0 saturated heterocycles. The number of nitrogens with one attached hydrogen (secondary N) is 1. The van der Waals surface area contributed by atoms with Gasteiger partial charge in [-0.2, -0.15) is 5.26 Å². The van der Waals surface area contributed by atoms with E-state index in [1.165, 1.54) is 11.3 Å². The molecule has 16 heavy (non-hydrogen) atoms. The van der Waals surface area contributed by atoms with Crippen LogP contribution in [0.15, 0.2) is 18.2 Å². The molecule has 0 amide bonds. The molecule has 0 aliphatic heterocycles. The monoisotopic (exact) mass is 266 g/mol. The van der Waals surface area contributed by atoms with Crippen LogP contribution in [0.25, 0.3) is 10.6 Å². The number of nitriles is 1. The third kappa shape index (κ3) is 2.03. The van der Waals surface area contributed by atoms with E-state index in [1.54, 1.807) is 6.07 Å². The Morgan fingerprint density at radius 1 is 1.50 bits per heavy atom. The van der Waals surface area contributed by atoms with Gasteiger partial charge in [0.25, 0.3) is 0 Å². The van der Waals surface area contributed by atoms with Gasteiger partial charge in [-0.25, -0.2) is 0 Å². The van der Waals surface area contributed by atoms with Crippen LogP contribution >= 0.6 is 35.2 Å². The van der Waals surface area contributed by atoms with Gasteiger partial charge >= 0.3 is 0 Å². The topological polar surface area (TPSA) is 39.6 Å². The average molecular weight is 267 g/mol. The van der Waals surface area contributed by atoms with E-state index in [9.17, 15) is 0 Å². The van der Waals surface area contributed by atoms with Crippen molar-refractivity contribution in [2.45, 2.75) is 6.92 Å². The number of nitrogens with zero attached hydrogens (tertiary/aromatic N) is 1. The van der Waals surface area contributed by atoms with Gasteiger partial charge in [0.15, 0.2) is 0 Å². The molecular weight excluding hydrogens is 260 g/mol. The van der Waals surface area contributed by atoms with Crippen LogP contribution < -0.4 is 0 Å². The van der Waals surface area contributed by atoms with E-state index >= 15 is 0 Å². The standard InChI is InChI=1S/C11H7ClN2S2/c1-6-4-7(5-13)11(15)14-10(6)8-2-3-9(12)16-8/h2-4H,1H3,(H,14,15). The second-order valence-electron chi connectivity index (χ2n) is 3.29. The number of thiophene rings is 1. The first kappa shape index (κ1) is 11.3. The Balaban J connectivity index is 2.64. The number of hydrogen-bond acceptors (Lipinski definition) is 3. The van der Waals surface area contributed by atoms with Crippen molar-refractivity contribution in [3.8, 4) is 16.6 Å². The number of rotatable bonds is 1. The van der Waals surface area contributed by atoms with Crippen LogP contribution in [0.5, 0.6) is 0 Å². The van der Waals surface area contributed by atoms with Crippen LogP contribution in [0.1, 0.15) is 11.1 Å². The lowest BCUT2D eigenvalue weighted by Crippen LogP contribution is -1.90. The first-order valence-corrected chi connectivity index (χ1v) is 6.12. The third-order valence-corrected chi connectivity index (χ3v) is 3.75. The van der Waals surface area contributed by atoms with Gasteiger partial charge in [-0.15, -0.1) is 11.3 Å². The van der Waals surface area contributed by atoms with Crippen LogP contribution in [0.3, 0.4) is 0 Å². The molecule has 2 nitrogen and oxygen atoms in total. The number of pyridine rings is 1. The first-order chi connectivity index (χ1) is 7.61. The van der Waals surface area contributed by atoms with Crippen molar-refractivity contribution in [3.05, 3.63) is 38.3 Å². The van der Waals surface area contributed by atoms with Crippen molar-refractivity contribution in [2.75, 3.05) is 0 Å². The zero-order valence-corrected chi connectivity index (χ0v) is 10.8. The van der Waals surface area contributed by atoms with Crippen molar-refractivity contribution in [1.82, 2.24) is 4.98 Å². The maximum atomic E-state index is 8.85. The molecule has 0 aliphatic rings. The lowest BCUT2D eigenvalue weighted by Gasteiger charge is -2.04. The molecule has 1 N–H and O–H groups in total. The fourth-order valence-electron chi connectivity index (χ4n) is 1.42. The molecule has 5 heteroatoms.